The second-order valence-electron chi connectivity index (χ2n) is 5.03. The van der Waals surface area contributed by atoms with Crippen LogP contribution in [0.25, 0.3) is 0 Å². The maximum atomic E-state index is 11.1. The summed E-state index contributed by atoms with van der Waals surface area (Å²) < 4.78 is 5.23. The van der Waals surface area contributed by atoms with Crippen LogP contribution in [-0.2, 0) is 9.53 Å². The number of carboxylic acids is 1. The van der Waals surface area contributed by atoms with Crippen molar-refractivity contribution in [3.8, 4) is 0 Å². The van der Waals surface area contributed by atoms with Crippen LogP contribution >= 0.6 is 0 Å². The number of hydrogen-bond acceptors (Lipinski definition) is 7. The van der Waals surface area contributed by atoms with Crippen molar-refractivity contribution in [2.45, 2.75) is 43.9 Å². The maximum absolute atomic E-state index is 11.1. The zero-order valence-corrected chi connectivity index (χ0v) is 10.9. The summed E-state index contributed by atoms with van der Waals surface area (Å²) in [5, 5.41) is 49.6. The molecule has 5 atom stereocenters. The fraction of sp³-hybridized carbons (Fsp3) is 0.909. The summed E-state index contributed by atoms with van der Waals surface area (Å²) in [6, 6.07) is -1.08. The molecule has 0 amide bonds. The molecular weight excluding hydrogens is 258 g/mol. The number of aliphatic carboxylic acids is 1. The van der Waals surface area contributed by atoms with Crippen molar-refractivity contribution in [3.05, 3.63) is 0 Å². The first kappa shape index (κ1) is 16.3. The summed E-state index contributed by atoms with van der Waals surface area (Å²) in [6.07, 6.45) is -4.04. The summed E-state index contributed by atoms with van der Waals surface area (Å²) in [4.78, 5) is 11.1. The summed E-state index contributed by atoms with van der Waals surface area (Å²) in [5.41, 5.74) is -1.81. The molecule has 8 nitrogen and oxygen atoms in total. The van der Waals surface area contributed by atoms with Crippen LogP contribution in [0.2, 0.25) is 0 Å². The smallest absolute Gasteiger partial charge is 0.321 e. The molecule has 1 unspecified atom stereocenters. The molecule has 0 aromatic carbocycles. The fourth-order valence-corrected chi connectivity index (χ4v) is 2.11. The zero-order chi connectivity index (χ0) is 14.8. The molecule has 1 aliphatic heterocycles. The third-order valence-corrected chi connectivity index (χ3v) is 3.29. The van der Waals surface area contributed by atoms with Gasteiger partial charge in [0, 0.05) is 0 Å². The standard InChI is InChI=1S/C11H21NO7/c1-5(2)7(10(17)18)12-11(4-14)9(16)8(15)6(3-13)19-11/h5-9,12-16H,3-4H2,1-2H3,(H,17,18)/t6-,7+,8-,9+,11?/m1/s1. The average Bonchev–Trinajstić information content (AvgIpc) is 2.60. The van der Waals surface area contributed by atoms with Gasteiger partial charge in [0.25, 0.3) is 0 Å². The van der Waals surface area contributed by atoms with Gasteiger partial charge in [-0.1, -0.05) is 13.8 Å². The molecular formula is C11H21NO7. The van der Waals surface area contributed by atoms with E-state index in [2.05, 4.69) is 5.32 Å². The Morgan fingerprint density at radius 2 is 1.95 bits per heavy atom. The molecule has 0 saturated carbocycles. The van der Waals surface area contributed by atoms with E-state index < -0.39 is 49.3 Å². The summed E-state index contributed by atoms with van der Waals surface area (Å²) >= 11 is 0. The van der Waals surface area contributed by atoms with Crippen molar-refractivity contribution in [3.63, 3.8) is 0 Å². The minimum Gasteiger partial charge on any atom is -0.480 e. The van der Waals surface area contributed by atoms with Crippen LogP contribution in [0.15, 0.2) is 0 Å². The number of aliphatic hydroxyl groups excluding tert-OH is 4. The predicted molar refractivity (Wildman–Crippen MR) is 63.2 cm³/mol. The number of aliphatic hydroxyl groups is 4. The highest BCUT2D eigenvalue weighted by Crippen LogP contribution is 2.30. The predicted octanol–water partition coefficient (Wildman–Crippen LogP) is -2.51. The van der Waals surface area contributed by atoms with Crippen molar-refractivity contribution in [1.29, 1.82) is 0 Å². The third-order valence-electron chi connectivity index (χ3n) is 3.29. The molecule has 0 aromatic heterocycles. The number of hydrogen-bond donors (Lipinski definition) is 6. The van der Waals surface area contributed by atoms with Gasteiger partial charge in [0.15, 0.2) is 5.72 Å². The minimum absolute atomic E-state index is 0.331. The van der Waals surface area contributed by atoms with Gasteiger partial charge in [0.1, 0.15) is 24.4 Å². The Morgan fingerprint density at radius 3 is 2.26 bits per heavy atom. The van der Waals surface area contributed by atoms with Gasteiger partial charge in [-0.2, -0.15) is 0 Å². The van der Waals surface area contributed by atoms with Crippen LogP contribution < -0.4 is 5.32 Å². The monoisotopic (exact) mass is 279 g/mol. The number of carboxylic acid groups (broad SMARTS) is 1. The number of ether oxygens (including phenoxy) is 1. The number of rotatable bonds is 6. The van der Waals surface area contributed by atoms with Gasteiger partial charge in [-0.15, -0.1) is 0 Å². The molecule has 0 aromatic rings. The molecule has 1 rings (SSSR count). The van der Waals surface area contributed by atoms with Crippen LogP contribution in [0.4, 0.5) is 0 Å². The van der Waals surface area contributed by atoms with Crippen molar-refractivity contribution in [1.82, 2.24) is 5.32 Å². The third kappa shape index (κ3) is 3.04. The average molecular weight is 279 g/mol. The minimum atomic E-state index is -1.81. The summed E-state index contributed by atoms with van der Waals surface area (Å²) in [6.45, 7) is 2.01. The Balaban J connectivity index is 2.95. The second kappa shape index (κ2) is 6.12. The van der Waals surface area contributed by atoms with E-state index in [1.165, 1.54) is 0 Å². The lowest BCUT2D eigenvalue weighted by molar-refractivity contribution is -0.160. The van der Waals surface area contributed by atoms with E-state index in [1.807, 2.05) is 0 Å². The molecule has 112 valence electrons. The van der Waals surface area contributed by atoms with Gasteiger partial charge in [-0.25, -0.2) is 0 Å². The first-order valence-corrected chi connectivity index (χ1v) is 6.05. The summed E-state index contributed by atoms with van der Waals surface area (Å²) in [5.74, 6) is -1.50. The van der Waals surface area contributed by atoms with E-state index in [9.17, 15) is 20.1 Å². The van der Waals surface area contributed by atoms with Crippen LogP contribution in [-0.4, -0.2) is 74.8 Å². The Labute approximate surface area is 110 Å². The highest BCUT2D eigenvalue weighted by molar-refractivity contribution is 5.73. The highest BCUT2D eigenvalue weighted by atomic mass is 16.6. The molecule has 1 fully saturated rings. The molecule has 19 heavy (non-hydrogen) atoms. The largest absolute Gasteiger partial charge is 0.480 e. The summed E-state index contributed by atoms with van der Waals surface area (Å²) in [7, 11) is 0. The Bertz CT molecular complexity index is 324. The zero-order valence-electron chi connectivity index (χ0n) is 10.9. The van der Waals surface area contributed by atoms with Crippen LogP contribution in [0.3, 0.4) is 0 Å². The van der Waals surface area contributed by atoms with Crippen molar-refractivity contribution in [2.75, 3.05) is 13.2 Å². The van der Waals surface area contributed by atoms with Crippen molar-refractivity contribution in [2.24, 2.45) is 5.92 Å². The number of carbonyl (C=O) groups is 1. The lowest BCUT2D eigenvalue weighted by Gasteiger charge is -2.35. The molecule has 6 N–H and O–H groups in total. The fourth-order valence-electron chi connectivity index (χ4n) is 2.11. The normalized spacial score (nSPS) is 36.7. The topological polar surface area (TPSA) is 139 Å². The second-order valence-corrected chi connectivity index (χ2v) is 5.03. The van der Waals surface area contributed by atoms with Gasteiger partial charge in [0.2, 0.25) is 0 Å². The van der Waals surface area contributed by atoms with Crippen LogP contribution in [0.5, 0.6) is 0 Å². The van der Waals surface area contributed by atoms with Gasteiger partial charge < -0.3 is 30.3 Å². The molecule has 0 bridgehead atoms. The van der Waals surface area contributed by atoms with E-state index in [1.54, 1.807) is 13.8 Å². The van der Waals surface area contributed by atoms with Gasteiger partial charge in [0.05, 0.1) is 13.2 Å². The highest BCUT2D eigenvalue weighted by Gasteiger charge is 2.55. The SMILES string of the molecule is CC(C)[C@H](NC1(CO)O[C@H](CO)[C@@H](O)[C@@H]1O)C(=O)O. The Hall–Kier alpha value is -0.770. The molecule has 0 spiro atoms. The van der Waals surface area contributed by atoms with Gasteiger partial charge in [-0.3, -0.25) is 10.1 Å². The van der Waals surface area contributed by atoms with Gasteiger partial charge >= 0.3 is 5.97 Å². The number of nitrogens with one attached hydrogen (secondary N) is 1. The maximum Gasteiger partial charge on any atom is 0.321 e. The lowest BCUT2D eigenvalue weighted by Crippen LogP contribution is -2.63. The van der Waals surface area contributed by atoms with E-state index in [0.29, 0.717) is 0 Å². The lowest BCUT2D eigenvalue weighted by atomic mass is 9.98. The van der Waals surface area contributed by atoms with Gasteiger partial charge in [-0.05, 0) is 5.92 Å². The first-order chi connectivity index (χ1) is 8.79. The molecule has 1 saturated heterocycles. The Morgan fingerprint density at radius 1 is 1.37 bits per heavy atom. The first-order valence-electron chi connectivity index (χ1n) is 6.05. The van der Waals surface area contributed by atoms with E-state index in [-0.39, 0.29) is 5.92 Å². The van der Waals surface area contributed by atoms with Crippen molar-refractivity contribution >= 4 is 5.97 Å². The molecule has 0 radical (unpaired) electrons. The quantitative estimate of drug-likeness (QED) is 0.313. The van der Waals surface area contributed by atoms with Crippen LogP contribution in [0, 0.1) is 5.92 Å². The van der Waals surface area contributed by atoms with E-state index in [4.69, 9.17) is 14.9 Å². The Kier molecular flexibility index (Phi) is 5.25. The van der Waals surface area contributed by atoms with E-state index in [0.717, 1.165) is 0 Å². The van der Waals surface area contributed by atoms with Crippen LogP contribution in [0.1, 0.15) is 13.8 Å². The molecule has 1 heterocycles. The molecule has 8 heteroatoms. The molecule has 0 aliphatic carbocycles. The van der Waals surface area contributed by atoms with Crippen molar-refractivity contribution < 1.29 is 35.1 Å². The van der Waals surface area contributed by atoms with E-state index >= 15 is 0 Å². The molecule has 1 aliphatic rings.